The van der Waals surface area contributed by atoms with Crippen molar-refractivity contribution in [1.29, 1.82) is 0 Å². The van der Waals surface area contributed by atoms with Gasteiger partial charge in [0.15, 0.2) is 0 Å². The van der Waals surface area contributed by atoms with Crippen LogP contribution in [0.1, 0.15) is 16.4 Å². The number of rotatable bonds is 7. The van der Waals surface area contributed by atoms with Crippen LogP contribution in [0.4, 0.5) is 5.69 Å². The average molecular weight is 468 g/mol. The molecule has 4 rings (SSSR count). The fourth-order valence-corrected chi connectivity index (χ4v) is 4.67. The van der Waals surface area contributed by atoms with Crippen LogP contribution in [0, 0.1) is 0 Å². The number of carbonyl (C=O) groups excluding carboxylic acids is 1. The third-order valence-corrected chi connectivity index (χ3v) is 6.59. The minimum atomic E-state index is -0.398. The van der Waals surface area contributed by atoms with Crippen molar-refractivity contribution in [2.24, 2.45) is 0 Å². The number of thioether (sulfide) groups is 1. The second-order valence-corrected chi connectivity index (χ2v) is 8.83. The highest BCUT2D eigenvalue weighted by atomic mass is 35.5. The lowest BCUT2D eigenvalue weighted by atomic mass is 10.1. The average Bonchev–Trinajstić information content (AvgIpc) is 3.23. The summed E-state index contributed by atoms with van der Waals surface area (Å²) in [6.45, 7) is 0.412. The van der Waals surface area contributed by atoms with Crippen molar-refractivity contribution in [2.45, 2.75) is 16.7 Å². The molecular weight excluding hydrogens is 449 g/mol. The predicted octanol–water partition coefficient (Wildman–Crippen LogP) is 6.71. The Labute approximate surface area is 195 Å². The van der Waals surface area contributed by atoms with E-state index in [1.54, 1.807) is 35.3 Å². The number of hydrogen-bond acceptors (Lipinski definition) is 3. The van der Waals surface area contributed by atoms with Crippen LogP contribution in [0.25, 0.3) is 0 Å². The number of nitrogens with one attached hydrogen (secondary N) is 1. The van der Waals surface area contributed by atoms with Crippen LogP contribution in [-0.4, -0.2) is 15.7 Å². The first-order chi connectivity index (χ1) is 15.1. The zero-order valence-electron chi connectivity index (χ0n) is 16.4. The topological polar surface area (TPSA) is 46.9 Å². The summed E-state index contributed by atoms with van der Waals surface area (Å²) in [7, 11) is 0. The second kappa shape index (κ2) is 10.1. The number of carbonyl (C=O) groups is 1. The molecule has 0 aliphatic rings. The summed E-state index contributed by atoms with van der Waals surface area (Å²) in [6, 6.07) is 25.0. The molecule has 156 valence electrons. The van der Waals surface area contributed by atoms with Crippen molar-refractivity contribution in [3.05, 3.63) is 112 Å². The summed E-state index contributed by atoms with van der Waals surface area (Å²) in [4.78, 5) is 14.2. The maximum absolute atomic E-state index is 13.2. The lowest BCUT2D eigenvalue weighted by Gasteiger charge is -2.16. The number of halogens is 2. The molecule has 0 aliphatic carbocycles. The van der Waals surface area contributed by atoms with Crippen molar-refractivity contribution in [1.82, 2.24) is 9.78 Å². The molecule has 3 aromatic carbocycles. The van der Waals surface area contributed by atoms with Gasteiger partial charge in [-0.25, -0.2) is 0 Å². The summed E-state index contributed by atoms with van der Waals surface area (Å²) in [5.74, 6) is -0.115. The molecule has 1 N–H and O–H groups in total. The molecule has 0 unspecified atom stereocenters. The lowest BCUT2D eigenvalue weighted by molar-refractivity contribution is -0.115. The fraction of sp³-hybridized carbons (Fsp3) is 0.0833. The van der Waals surface area contributed by atoms with Gasteiger partial charge in [-0.05, 0) is 29.8 Å². The second-order valence-electron chi connectivity index (χ2n) is 6.84. The number of nitrogens with zero attached hydrogens (tertiary/aromatic N) is 2. The molecule has 1 amide bonds. The highest BCUT2D eigenvalue weighted by Gasteiger charge is 2.22. The normalized spacial score (nSPS) is 11.8. The first kappa shape index (κ1) is 21.5. The van der Waals surface area contributed by atoms with Crippen molar-refractivity contribution < 1.29 is 4.79 Å². The van der Waals surface area contributed by atoms with Gasteiger partial charge in [-0.3, -0.25) is 9.48 Å². The molecule has 4 nitrogen and oxygen atoms in total. The molecular formula is C24H19Cl2N3OS. The fourth-order valence-electron chi connectivity index (χ4n) is 3.10. The van der Waals surface area contributed by atoms with Gasteiger partial charge < -0.3 is 5.32 Å². The third-order valence-electron chi connectivity index (χ3n) is 4.62. The minimum Gasteiger partial charge on any atom is -0.322 e. The number of hydrogen-bond donors (Lipinski definition) is 1. The quantitative estimate of drug-likeness (QED) is 0.307. The first-order valence-electron chi connectivity index (χ1n) is 9.63. The highest BCUT2D eigenvalue weighted by molar-refractivity contribution is 8.00. The Morgan fingerprint density at radius 3 is 2.26 bits per heavy atom. The van der Waals surface area contributed by atoms with Crippen molar-refractivity contribution in [2.75, 3.05) is 5.32 Å². The Hall–Kier alpha value is -2.73. The monoisotopic (exact) mass is 467 g/mol. The van der Waals surface area contributed by atoms with Gasteiger partial charge in [-0.1, -0.05) is 77.8 Å². The number of aromatic nitrogens is 2. The summed E-state index contributed by atoms with van der Waals surface area (Å²) in [6.07, 6.45) is 3.39. The van der Waals surface area contributed by atoms with E-state index in [0.717, 1.165) is 16.0 Å². The number of benzene rings is 3. The van der Waals surface area contributed by atoms with E-state index in [1.807, 2.05) is 60.7 Å². The van der Waals surface area contributed by atoms with Gasteiger partial charge in [0.05, 0.1) is 18.4 Å². The van der Waals surface area contributed by atoms with E-state index in [9.17, 15) is 4.79 Å². The largest absolute Gasteiger partial charge is 0.322 e. The van der Waals surface area contributed by atoms with Gasteiger partial charge in [0.2, 0.25) is 5.91 Å². The van der Waals surface area contributed by atoms with Gasteiger partial charge in [0, 0.05) is 26.7 Å². The summed E-state index contributed by atoms with van der Waals surface area (Å²) in [5, 5.41) is 8.09. The third kappa shape index (κ3) is 5.50. The van der Waals surface area contributed by atoms with Gasteiger partial charge in [-0.15, -0.1) is 11.8 Å². The Bertz CT molecular complexity index is 1150. The van der Waals surface area contributed by atoms with E-state index in [0.29, 0.717) is 22.3 Å². The molecule has 0 fully saturated rings. The Kier molecular flexibility index (Phi) is 6.97. The van der Waals surface area contributed by atoms with Crippen LogP contribution in [0.15, 0.2) is 96.2 Å². The molecule has 0 saturated heterocycles. The van der Waals surface area contributed by atoms with Crippen molar-refractivity contribution in [3.63, 3.8) is 0 Å². The van der Waals surface area contributed by atoms with Crippen LogP contribution in [0.5, 0.6) is 0 Å². The minimum absolute atomic E-state index is 0.115. The van der Waals surface area contributed by atoms with Gasteiger partial charge in [-0.2, -0.15) is 5.10 Å². The van der Waals surface area contributed by atoms with Gasteiger partial charge in [0.1, 0.15) is 5.25 Å². The first-order valence-corrected chi connectivity index (χ1v) is 11.3. The SMILES string of the molecule is O=C(Nc1cnn(Cc2c(Cl)cccc2Cl)c1)[C@@H](Sc1ccccc1)c1ccccc1. The summed E-state index contributed by atoms with van der Waals surface area (Å²) in [5.41, 5.74) is 2.33. The van der Waals surface area contributed by atoms with E-state index >= 15 is 0 Å². The van der Waals surface area contributed by atoms with Crippen molar-refractivity contribution >= 4 is 46.6 Å². The zero-order valence-corrected chi connectivity index (χ0v) is 18.7. The molecule has 31 heavy (non-hydrogen) atoms. The van der Waals surface area contributed by atoms with Crippen LogP contribution >= 0.6 is 35.0 Å². The van der Waals surface area contributed by atoms with E-state index in [2.05, 4.69) is 10.4 Å². The lowest BCUT2D eigenvalue weighted by Crippen LogP contribution is -2.18. The van der Waals surface area contributed by atoms with E-state index in [4.69, 9.17) is 23.2 Å². The molecule has 0 bridgehead atoms. The van der Waals surface area contributed by atoms with Crippen LogP contribution in [-0.2, 0) is 11.3 Å². The molecule has 1 aromatic heterocycles. The molecule has 1 heterocycles. The molecule has 0 spiro atoms. The molecule has 4 aromatic rings. The maximum atomic E-state index is 13.2. The smallest absolute Gasteiger partial charge is 0.242 e. The number of anilines is 1. The molecule has 1 atom stereocenters. The van der Waals surface area contributed by atoms with Gasteiger partial charge >= 0.3 is 0 Å². The number of amides is 1. The molecule has 0 radical (unpaired) electrons. The highest BCUT2D eigenvalue weighted by Crippen LogP contribution is 2.36. The Morgan fingerprint density at radius 1 is 0.935 bits per heavy atom. The van der Waals surface area contributed by atoms with Crippen LogP contribution in [0.3, 0.4) is 0 Å². The maximum Gasteiger partial charge on any atom is 0.242 e. The van der Waals surface area contributed by atoms with Crippen molar-refractivity contribution in [3.8, 4) is 0 Å². The Balaban J connectivity index is 1.51. The van der Waals surface area contributed by atoms with Crippen LogP contribution in [0.2, 0.25) is 10.0 Å². The van der Waals surface area contributed by atoms with Crippen LogP contribution < -0.4 is 5.32 Å². The summed E-state index contributed by atoms with van der Waals surface area (Å²) >= 11 is 14.0. The molecule has 7 heteroatoms. The van der Waals surface area contributed by atoms with E-state index in [1.165, 1.54) is 11.8 Å². The van der Waals surface area contributed by atoms with Gasteiger partial charge in [0.25, 0.3) is 0 Å². The summed E-state index contributed by atoms with van der Waals surface area (Å²) < 4.78 is 1.70. The molecule has 0 aliphatic heterocycles. The predicted molar refractivity (Wildman–Crippen MR) is 128 cm³/mol. The zero-order chi connectivity index (χ0) is 21.6. The van der Waals surface area contributed by atoms with E-state index in [-0.39, 0.29) is 5.91 Å². The van der Waals surface area contributed by atoms with E-state index < -0.39 is 5.25 Å². The Morgan fingerprint density at radius 2 is 1.58 bits per heavy atom. The standard InChI is InChI=1S/C24H19Cl2N3OS/c25-21-12-7-13-22(26)20(21)16-29-15-18(14-27-29)28-24(30)23(17-8-3-1-4-9-17)31-19-10-5-2-6-11-19/h1-15,23H,16H2,(H,28,30)/t23-/m0/s1. The molecule has 0 saturated carbocycles.